The van der Waals surface area contributed by atoms with E-state index in [4.69, 9.17) is 11.6 Å². The van der Waals surface area contributed by atoms with Crippen LogP contribution in [0.1, 0.15) is 39.2 Å². The lowest BCUT2D eigenvalue weighted by atomic mass is 9.87. The zero-order valence-electron chi connectivity index (χ0n) is 12.8. The van der Waals surface area contributed by atoms with Crippen molar-refractivity contribution < 1.29 is 0 Å². The van der Waals surface area contributed by atoms with E-state index in [9.17, 15) is 0 Å². The second-order valence-corrected chi connectivity index (χ2v) is 6.54. The maximum Gasteiger partial charge on any atom is 0.0621 e. The summed E-state index contributed by atoms with van der Waals surface area (Å²) in [5, 5.41) is 4.43. The van der Waals surface area contributed by atoms with E-state index in [0.717, 1.165) is 18.0 Å². The maximum atomic E-state index is 6.27. The van der Waals surface area contributed by atoms with Gasteiger partial charge in [0.05, 0.1) is 5.02 Å². The number of nitrogens with zero attached hydrogens (tertiary/aromatic N) is 2. The van der Waals surface area contributed by atoms with Crippen molar-refractivity contribution in [2.75, 3.05) is 19.6 Å². The normalized spacial score (nSPS) is 18.4. The van der Waals surface area contributed by atoms with E-state index in [2.05, 4.69) is 36.0 Å². The Kier molecular flexibility index (Phi) is 5.42. The average Bonchev–Trinajstić information content (AvgIpc) is 2.95. The molecule has 4 heteroatoms. The van der Waals surface area contributed by atoms with E-state index in [-0.39, 0.29) is 5.54 Å². The number of halogens is 1. The van der Waals surface area contributed by atoms with Crippen molar-refractivity contribution in [3.63, 3.8) is 0 Å². The van der Waals surface area contributed by atoms with Crippen molar-refractivity contribution in [1.29, 1.82) is 0 Å². The standard InChI is InChI=1S/C16H26ClN3/c1-4-19-15(11-13-7-8-18-12-14(13)17)16(2,3)20-9-5-6-10-20/h7-8,12,15,19H,4-6,9-11H2,1-3H3. The van der Waals surface area contributed by atoms with Gasteiger partial charge in [-0.2, -0.15) is 0 Å². The average molecular weight is 296 g/mol. The number of pyridine rings is 1. The van der Waals surface area contributed by atoms with Crippen LogP contribution in [0.15, 0.2) is 18.5 Å². The lowest BCUT2D eigenvalue weighted by Crippen LogP contribution is -2.57. The van der Waals surface area contributed by atoms with Gasteiger partial charge in [0.25, 0.3) is 0 Å². The predicted octanol–water partition coefficient (Wildman–Crippen LogP) is 3.13. The van der Waals surface area contributed by atoms with Gasteiger partial charge in [0.2, 0.25) is 0 Å². The summed E-state index contributed by atoms with van der Waals surface area (Å²) in [6.45, 7) is 10.3. The fourth-order valence-corrected chi connectivity index (χ4v) is 3.32. The molecule has 0 aliphatic carbocycles. The fraction of sp³-hybridized carbons (Fsp3) is 0.688. The second-order valence-electron chi connectivity index (χ2n) is 6.13. The summed E-state index contributed by atoms with van der Waals surface area (Å²) in [4.78, 5) is 6.68. The Morgan fingerprint density at radius 2 is 2.10 bits per heavy atom. The Morgan fingerprint density at radius 1 is 1.40 bits per heavy atom. The lowest BCUT2D eigenvalue weighted by molar-refractivity contribution is 0.107. The summed E-state index contributed by atoms with van der Waals surface area (Å²) in [5.41, 5.74) is 1.32. The second kappa shape index (κ2) is 6.88. The van der Waals surface area contributed by atoms with Crippen molar-refractivity contribution in [2.45, 2.75) is 51.6 Å². The fourth-order valence-electron chi connectivity index (χ4n) is 3.12. The van der Waals surface area contributed by atoms with Crippen LogP contribution in [0.4, 0.5) is 0 Å². The Morgan fingerprint density at radius 3 is 2.70 bits per heavy atom. The SMILES string of the molecule is CCNC(Cc1ccncc1Cl)C(C)(C)N1CCCC1. The molecule has 1 atom stereocenters. The molecule has 1 aromatic heterocycles. The van der Waals surface area contributed by atoms with Crippen molar-refractivity contribution >= 4 is 11.6 Å². The van der Waals surface area contributed by atoms with E-state index in [1.54, 1.807) is 6.20 Å². The quantitative estimate of drug-likeness (QED) is 0.874. The smallest absolute Gasteiger partial charge is 0.0621 e. The lowest BCUT2D eigenvalue weighted by Gasteiger charge is -2.42. The summed E-state index contributed by atoms with van der Waals surface area (Å²) in [6.07, 6.45) is 7.14. The molecule has 0 radical (unpaired) electrons. The van der Waals surface area contributed by atoms with Crippen LogP contribution < -0.4 is 5.32 Å². The molecule has 2 heterocycles. The molecule has 0 saturated carbocycles. The highest BCUT2D eigenvalue weighted by atomic mass is 35.5. The molecular weight excluding hydrogens is 270 g/mol. The highest BCUT2D eigenvalue weighted by Gasteiger charge is 2.36. The zero-order valence-corrected chi connectivity index (χ0v) is 13.6. The molecule has 1 aliphatic heterocycles. The summed E-state index contributed by atoms with van der Waals surface area (Å²) in [6, 6.07) is 2.43. The van der Waals surface area contributed by atoms with Crippen LogP contribution in [0.2, 0.25) is 5.02 Å². The highest BCUT2D eigenvalue weighted by molar-refractivity contribution is 6.31. The van der Waals surface area contributed by atoms with Crippen molar-refractivity contribution in [1.82, 2.24) is 15.2 Å². The molecule has 0 amide bonds. The number of aromatic nitrogens is 1. The third kappa shape index (κ3) is 3.51. The van der Waals surface area contributed by atoms with Crippen molar-refractivity contribution in [2.24, 2.45) is 0 Å². The van der Waals surface area contributed by atoms with Crippen LogP contribution in [0, 0.1) is 0 Å². The molecule has 1 fully saturated rings. The number of likely N-dealkylation sites (tertiary alicyclic amines) is 1. The number of hydrogen-bond donors (Lipinski definition) is 1. The minimum absolute atomic E-state index is 0.138. The van der Waals surface area contributed by atoms with Gasteiger partial charge in [-0.3, -0.25) is 9.88 Å². The predicted molar refractivity (Wildman–Crippen MR) is 85.3 cm³/mol. The van der Waals surface area contributed by atoms with E-state index in [1.807, 2.05) is 12.3 Å². The monoisotopic (exact) mass is 295 g/mol. The van der Waals surface area contributed by atoms with Crippen LogP contribution in [-0.4, -0.2) is 41.1 Å². The topological polar surface area (TPSA) is 28.2 Å². The Labute approximate surface area is 127 Å². The molecule has 1 aromatic rings. The summed E-state index contributed by atoms with van der Waals surface area (Å²) in [7, 11) is 0. The maximum absolute atomic E-state index is 6.27. The molecule has 1 N–H and O–H groups in total. The van der Waals surface area contributed by atoms with Gasteiger partial charge in [0.15, 0.2) is 0 Å². The van der Waals surface area contributed by atoms with Crippen LogP contribution in [0.25, 0.3) is 0 Å². The number of nitrogens with one attached hydrogen (secondary N) is 1. The van der Waals surface area contributed by atoms with E-state index in [1.165, 1.54) is 31.5 Å². The first kappa shape index (κ1) is 15.7. The molecule has 3 nitrogen and oxygen atoms in total. The van der Waals surface area contributed by atoms with Crippen LogP contribution in [0.3, 0.4) is 0 Å². The number of hydrogen-bond acceptors (Lipinski definition) is 3. The van der Waals surface area contributed by atoms with Gasteiger partial charge in [-0.25, -0.2) is 0 Å². The largest absolute Gasteiger partial charge is 0.312 e. The first-order valence-corrected chi connectivity index (χ1v) is 8.00. The molecule has 0 spiro atoms. The van der Waals surface area contributed by atoms with Gasteiger partial charge in [0, 0.05) is 24.0 Å². The van der Waals surface area contributed by atoms with E-state index in [0.29, 0.717) is 6.04 Å². The van der Waals surface area contributed by atoms with Gasteiger partial charge in [-0.05, 0) is 64.4 Å². The minimum atomic E-state index is 0.138. The molecule has 20 heavy (non-hydrogen) atoms. The van der Waals surface area contributed by atoms with Crippen LogP contribution in [0.5, 0.6) is 0 Å². The molecule has 1 saturated heterocycles. The van der Waals surface area contributed by atoms with Gasteiger partial charge >= 0.3 is 0 Å². The molecular formula is C16H26ClN3. The van der Waals surface area contributed by atoms with Crippen molar-refractivity contribution in [3.05, 3.63) is 29.0 Å². The Balaban J connectivity index is 2.15. The third-order valence-corrected chi connectivity index (χ3v) is 4.85. The molecule has 112 valence electrons. The highest BCUT2D eigenvalue weighted by Crippen LogP contribution is 2.27. The summed E-state index contributed by atoms with van der Waals surface area (Å²) >= 11 is 6.27. The third-order valence-electron chi connectivity index (χ3n) is 4.50. The molecule has 2 rings (SSSR count). The first-order chi connectivity index (χ1) is 9.55. The Bertz CT molecular complexity index is 427. The van der Waals surface area contributed by atoms with Crippen molar-refractivity contribution in [3.8, 4) is 0 Å². The molecule has 0 aromatic carbocycles. The van der Waals surface area contributed by atoms with Gasteiger partial charge < -0.3 is 5.32 Å². The molecule has 1 aliphatic rings. The minimum Gasteiger partial charge on any atom is -0.312 e. The Hall–Kier alpha value is -0.640. The van der Waals surface area contributed by atoms with Gasteiger partial charge in [-0.15, -0.1) is 0 Å². The summed E-state index contributed by atoms with van der Waals surface area (Å²) < 4.78 is 0. The number of likely N-dealkylation sites (N-methyl/N-ethyl adjacent to an activating group) is 1. The van der Waals surface area contributed by atoms with E-state index < -0.39 is 0 Å². The summed E-state index contributed by atoms with van der Waals surface area (Å²) in [5.74, 6) is 0. The first-order valence-electron chi connectivity index (χ1n) is 7.62. The number of rotatable bonds is 6. The molecule has 1 unspecified atom stereocenters. The van der Waals surface area contributed by atoms with Crippen LogP contribution >= 0.6 is 11.6 Å². The van der Waals surface area contributed by atoms with E-state index >= 15 is 0 Å². The van der Waals surface area contributed by atoms with Gasteiger partial charge in [0.1, 0.15) is 0 Å². The molecule has 0 bridgehead atoms. The zero-order chi connectivity index (χ0) is 14.6. The van der Waals surface area contributed by atoms with Crippen LogP contribution in [-0.2, 0) is 6.42 Å². The van der Waals surface area contributed by atoms with Gasteiger partial charge in [-0.1, -0.05) is 18.5 Å².